The second kappa shape index (κ2) is 8.25. The highest BCUT2D eigenvalue weighted by molar-refractivity contribution is 5.92. The Morgan fingerprint density at radius 1 is 1.50 bits per heavy atom. The van der Waals surface area contributed by atoms with Crippen molar-refractivity contribution in [3.63, 3.8) is 0 Å². The normalized spacial score (nSPS) is 33.0. The van der Waals surface area contributed by atoms with E-state index in [1.165, 1.54) is 13.0 Å². The molecule has 1 aliphatic heterocycles. The molecule has 2 aliphatic rings. The molecule has 26 heavy (non-hydrogen) atoms. The van der Waals surface area contributed by atoms with Gasteiger partial charge in [0.2, 0.25) is 0 Å². The Balaban J connectivity index is 2.54. The maximum absolute atomic E-state index is 12.0. The summed E-state index contributed by atoms with van der Waals surface area (Å²) in [6.07, 6.45) is 0.770. The standard InChI is InChI=1S/C19H22O7/c1-10(2)18(23)26-17-15-11(3)19(24)25-14(15)7-12(8-20)5-4-6-13(9-21)16(17)22/h6-7,9,14-17,20,22H,1,3-5,8H2,2H3/b12-7-,13-6-/t14-,15+,16+,17+/m0/s1. The van der Waals surface area contributed by atoms with E-state index in [1.54, 1.807) is 6.08 Å². The predicted molar refractivity (Wildman–Crippen MR) is 91.8 cm³/mol. The van der Waals surface area contributed by atoms with Crippen LogP contribution in [0.3, 0.4) is 0 Å². The first-order valence-corrected chi connectivity index (χ1v) is 8.20. The summed E-state index contributed by atoms with van der Waals surface area (Å²) < 4.78 is 10.6. The topological polar surface area (TPSA) is 110 Å². The quantitative estimate of drug-likeness (QED) is 0.329. The number of aliphatic hydroxyl groups excluding tert-OH is 2. The van der Waals surface area contributed by atoms with Crippen molar-refractivity contribution in [3.8, 4) is 0 Å². The zero-order valence-corrected chi connectivity index (χ0v) is 14.5. The van der Waals surface area contributed by atoms with Gasteiger partial charge in [0.15, 0.2) is 0 Å². The van der Waals surface area contributed by atoms with Gasteiger partial charge in [-0.15, -0.1) is 0 Å². The van der Waals surface area contributed by atoms with Gasteiger partial charge in [-0.2, -0.15) is 0 Å². The Hall–Kier alpha value is -2.51. The Morgan fingerprint density at radius 2 is 2.19 bits per heavy atom. The van der Waals surface area contributed by atoms with Gasteiger partial charge in [-0.1, -0.05) is 19.2 Å². The van der Waals surface area contributed by atoms with Crippen LogP contribution in [-0.4, -0.2) is 53.4 Å². The number of fused-ring (bicyclic) bond motifs is 1. The van der Waals surface area contributed by atoms with E-state index < -0.39 is 36.2 Å². The van der Waals surface area contributed by atoms with Gasteiger partial charge in [0, 0.05) is 16.7 Å². The van der Waals surface area contributed by atoms with Crippen molar-refractivity contribution in [1.29, 1.82) is 0 Å². The van der Waals surface area contributed by atoms with E-state index in [0.29, 0.717) is 24.7 Å². The summed E-state index contributed by atoms with van der Waals surface area (Å²) in [6.45, 7) is 8.37. The summed E-state index contributed by atoms with van der Waals surface area (Å²) >= 11 is 0. The van der Waals surface area contributed by atoms with Gasteiger partial charge in [-0.3, -0.25) is 4.79 Å². The van der Waals surface area contributed by atoms with Crippen molar-refractivity contribution in [3.05, 3.63) is 47.6 Å². The average Bonchev–Trinajstić information content (AvgIpc) is 2.88. The Morgan fingerprint density at radius 3 is 2.77 bits per heavy atom. The molecule has 1 saturated heterocycles. The van der Waals surface area contributed by atoms with Crippen LogP contribution in [0, 0.1) is 5.92 Å². The fraction of sp³-hybridized carbons (Fsp3) is 0.421. The number of hydrogen-bond acceptors (Lipinski definition) is 7. The maximum Gasteiger partial charge on any atom is 0.334 e. The molecule has 0 aromatic rings. The minimum absolute atomic E-state index is 0.0212. The van der Waals surface area contributed by atoms with E-state index in [4.69, 9.17) is 9.47 Å². The van der Waals surface area contributed by atoms with Gasteiger partial charge in [-0.25, -0.2) is 9.59 Å². The minimum atomic E-state index is -1.46. The highest BCUT2D eigenvalue weighted by atomic mass is 16.6. The molecule has 0 unspecified atom stereocenters. The predicted octanol–water partition coefficient (Wildman–Crippen LogP) is 0.771. The number of ether oxygens (including phenoxy) is 2. The first-order chi connectivity index (χ1) is 12.3. The zero-order chi connectivity index (χ0) is 19.4. The molecule has 7 nitrogen and oxygen atoms in total. The van der Waals surface area contributed by atoms with Gasteiger partial charge in [-0.05, 0) is 31.4 Å². The first-order valence-electron chi connectivity index (χ1n) is 8.20. The monoisotopic (exact) mass is 362 g/mol. The summed E-state index contributed by atoms with van der Waals surface area (Å²) in [5.41, 5.74) is 0.748. The fourth-order valence-electron chi connectivity index (χ4n) is 2.99. The van der Waals surface area contributed by atoms with E-state index in [0.717, 1.165) is 0 Å². The van der Waals surface area contributed by atoms with Crippen LogP contribution in [0.25, 0.3) is 0 Å². The highest BCUT2D eigenvalue weighted by Gasteiger charge is 2.48. The lowest BCUT2D eigenvalue weighted by Gasteiger charge is -2.30. The second-order valence-electron chi connectivity index (χ2n) is 6.36. The molecular formula is C19H22O7. The van der Waals surface area contributed by atoms with Crippen LogP contribution >= 0.6 is 0 Å². The molecule has 0 radical (unpaired) electrons. The van der Waals surface area contributed by atoms with E-state index in [9.17, 15) is 24.6 Å². The van der Waals surface area contributed by atoms with Crippen molar-refractivity contribution in [2.75, 3.05) is 6.61 Å². The van der Waals surface area contributed by atoms with Gasteiger partial charge in [0.1, 0.15) is 24.6 Å². The third kappa shape index (κ3) is 4.00. The van der Waals surface area contributed by atoms with Gasteiger partial charge in [0.05, 0.1) is 12.5 Å². The largest absolute Gasteiger partial charge is 0.455 e. The molecule has 1 fully saturated rings. The number of allylic oxidation sites excluding steroid dienone is 1. The van der Waals surface area contributed by atoms with Crippen molar-refractivity contribution in [2.45, 2.75) is 38.1 Å². The third-order valence-electron chi connectivity index (χ3n) is 4.44. The molecule has 0 amide bonds. The summed E-state index contributed by atoms with van der Waals surface area (Å²) in [7, 11) is 0. The van der Waals surface area contributed by atoms with Crippen molar-refractivity contribution in [1.82, 2.24) is 0 Å². The molecule has 140 valence electrons. The van der Waals surface area contributed by atoms with Crippen LogP contribution in [-0.2, 0) is 23.9 Å². The highest BCUT2D eigenvalue weighted by Crippen LogP contribution is 2.36. The second-order valence-corrected chi connectivity index (χ2v) is 6.36. The number of aliphatic hydroxyl groups is 2. The Labute approximate surface area is 151 Å². The number of hydrogen-bond donors (Lipinski definition) is 2. The van der Waals surface area contributed by atoms with E-state index in [1.807, 2.05) is 0 Å². The number of carbonyl (C=O) groups excluding carboxylic acids is 3. The molecule has 1 aliphatic carbocycles. The van der Waals surface area contributed by atoms with Crippen molar-refractivity contribution < 1.29 is 34.1 Å². The van der Waals surface area contributed by atoms with E-state index in [2.05, 4.69) is 13.2 Å². The van der Waals surface area contributed by atoms with Crippen LogP contribution in [0.1, 0.15) is 19.8 Å². The number of aldehydes is 1. The van der Waals surface area contributed by atoms with E-state index >= 15 is 0 Å². The number of rotatable bonds is 4. The molecule has 0 bridgehead atoms. The molecule has 0 spiro atoms. The van der Waals surface area contributed by atoms with Gasteiger partial charge < -0.3 is 19.7 Å². The summed E-state index contributed by atoms with van der Waals surface area (Å²) in [5.74, 6) is -2.36. The summed E-state index contributed by atoms with van der Waals surface area (Å²) in [4.78, 5) is 35.5. The van der Waals surface area contributed by atoms with Gasteiger partial charge in [0.25, 0.3) is 0 Å². The zero-order valence-electron chi connectivity index (χ0n) is 14.5. The lowest BCUT2D eigenvalue weighted by molar-refractivity contribution is -0.153. The minimum Gasteiger partial charge on any atom is -0.455 e. The molecule has 2 N–H and O–H groups in total. The third-order valence-corrected chi connectivity index (χ3v) is 4.44. The van der Waals surface area contributed by atoms with Crippen molar-refractivity contribution in [2.24, 2.45) is 5.92 Å². The smallest absolute Gasteiger partial charge is 0.334 e. The summed E-state index contributed by atoms with van der Waals surface area (Å²) in [6, 6.07) is 0. The van der Waals surface area contributed by atoms with E-state index in [-0.39, 0.29) is 23.3 Å². The SMILES string of the molecule is C=C(C)C(=O)O[C@@H]1[C@@H]2C(=C)C(=O)O[C@H]2/C=C(\CO)CC/C=C(/C=O)[C@H]1O. The molecule has 1 heterocycles. The molecule has 7 heteroatoms. The molecular weight excluding hydrogens is 340 g/mol. The Kier molecular flexibility index (Phi) is 6.28. The molecule has 4 atom stereocenters. The maximum atomic E-state index is 12.0. The first kappa shape index (κ1) is 19.8. The van der Waals surface area contributed by atoms with Crippen LogP contribution < -0.4 is 0 Å². The van der Waals surface area contributed by atoms with Crippen molar-refractivity contribution >= 4 is 18.2 Å². The summed E-state index contributed by atoms with van der Waals surface area (Å²) in [5, 5.41) is 20.2. The molecule has 2 rings (SSSR count). The van der Waals surface area contributed by atoms with Crippen LogP contribution in [0.5, 0.6) is 0 Å². The molecule has 0 saturated carbocycles. The molecule has 0 aromatic heterocycles. The fourth-order valence-corrected chi connectivity index (χ4v) is 2.99. The Bertz CT molecular complexity index is 701. The molecule has 0 aromatic carbocycles. The van der Waals surface area contributed by atoms with Crippen LogP contribution in [0.4, 0.5) is 0 Å². The lowest BCUT2D eigenvalue weighted by Crippen LogP contribution is -2.43. The average molecular weight is 362 g/mol. The number of carbonyl (C=O) groups is 3. The lowest BCUT2D eigenvalue weighted by atomic mass is 9.83. The van der Waals surface area contributed by atoms with Crippen LogP contribution in [0.15, 0.2) is 47.6 Å². The van der Waals surface area contributed by atoms with Crippen LogP contribution in [0.2, 0.25) is 0 Å². The van der Waals surface area contributed by atoms with Gasteiger partial charge >= 0.3 is 11.9 Å². The number of esters is 2.